The van der Waals surface area contributed by atoms with Gasteiger partial charge in [-0.25, -0.2) is 0 Å². The second kappa shape index (κ2) is 9.00. The number of rotatable bonds is 8. The van der Waals surface area contributed by atoms with Crippen molar-refractivity contribution in [2.45, 2.75) is 39.4 Å². The molecule has 0 saturated carbocycles. The van der Waals surface area contributed by atoms with Crippen molar-refractivity contribution in [1.29, 1.82) is 0 Å². The summed E-state index contributed by atoms with van der Waals surface area (Å²) in [5.41, 5.74) is 3.69. The molecule has 3 heterocycles. The van der Waals surface area contributed by atoms with Gasteiger partial charge in [0.25, 0.3) is 0 Å². The van der Waals surface area contributed by atoms with Gasteiger partial charge in [0, 0.05) is 35.9 Å². The number of H-pyrrole nitrogens is 1. The number of alkyl halides is 2. The molecule has 0 spiro atoms. The molecule has 1 fully saturated rings. The Morgan fingerprint density at radius 3 is 2.87 bits per heavy atom. The Morgan fingerprint density at radius 1 is 1.20 bits per heavy atom. The molecule has 4 rings (SSSR count). The molecule has 0 bridgehead atoms. The maximum atomic E-state index is 12.5. The minimum Gasteiger partial charge on any atom is -0.494 e. The highest BCUT2D eigenvalue weighted by molar-refractivity contribution is 5.86. The predicted molar refractivity (Wildman–Crippen MR) is 114 cm³/mol. The van der Waals surface area contributed by atoms with Gasteiger partial charge in [-0.2, -0.15) is 8.78 Å². The number of anilines is 1. The minimum atomic E-state index is -2.73. The molecule has 7 heteroatoms. The van der Waals surface area contributed by atoms with Crippen LogP contribution in [-0.4, -0.2) is 42.4 Å². The second-order valence-corrected chi connectivity index (χ2v) is 8.12. The first-order chi connectivity index (χ1) is 14.5. The summed E-state index contributed by atoms with van der Waals surface area (Å²) >= 11 is 0. The summed E-state index contributed by atoms with van der Waals surface area (Å²) in [7, 11) is 0. The highest BCUT2D eigenvalue weighted by Gasteiger charge is 2.26. The van der Waals surface area contributed by atoms with E-state index in [1.807, 2.05) is 30.3 Å². The standard InChI is InChI=1S/C23H27F2N3O2/c1-15(2)7-10-29-18-3-4-20-16(11-18)12-22(27-20)21-13-17(5-8-26-21)28-9-6-19(14-28)30-23(24)25/h3-5,8,11-13,15,19,23,27H,6-7,9-10,14H2,1-2H3. The molecule has 1 saturated heterocycles. The van der Waals surface area contributed by atoms with Crippen molar-refractivity contribution in [3.63, 3.8) is 0 Å². The third kappa shape index (κ3) is 4.90. The van der Waals surface area contributed by atoms with Crippen molar-refractivity contribution in [3.8, 4) is 17.1 Å². The van der Waals surface area contributed by atoms with Crippen LogP contribution in [0.1, 0.15) is 26.7 Å². The maximum absolute atomic E-state index is 12.5. The topological polar surface area (TPSA) is 50.4 Å². The van der Waals surface area contributed by atoms with Crippen LogP contribution < -0.4 is 9.64 Å². The van der Waals surface area contributed by atoms with Crippen LogP contribution in [0.25, 0.3) is 22.3 Å². The van der Waals surface area contributed by atoms with Crippen LogP contribution in [-0.2, 0) is 4.74 Å². The van der Waals surface area contributed by atoms with Crippen molar-refractivity contribution >= 4 is 16.6 Å². The fourth-order valence-electron chi connectivity index (χ4n) is 3.73. The van der Waals surface area contributed by atoms with Gasteiger partial charge in [0.15, 0.2) is 0 Å². The molecule has 0 amide bonds. The largest absolute Gasteiger partial charge is 0.494 e. The lowest BCUT2D eigenvalue weighted by Crippen LogP contribution is -2.24. The van der Waals surface area contributed by atoms with Gasteiger partial charge in [-0.15, -0.1) is 0 Å². The minimum absolute atomic E-state index is 0.441. The van der Waals surface area contributed by atoms with Crippen LogP contribution >= 0.6 is 0 Å². The number of nitrogens with zero attached hydrogens (tertiary/aromatic N) is 2. The first kappa shape index (κ1) is 20.6. The summed E-state index contributed by atoms with van der Waals surface area (Å²) in [6, 6.07) is 12.0. The summed E-state index contributed by atoms with van der Waals surface area (Å²) in [6.07, 6.45) is 2.92. The number of ether oxygens (including phenoxy) is 2. The molecule has 1 unspecified atom stereocenters. The Labute approximate surface area is 175 Å². The van der Waals surface area contributed by atoms with Crippen molar-refractivity contribution in [2.75, 3.05) is 24.6 Å². The molecule has 5 nitrogen and oxygen atoms in total. The lowest BCUT2D eigenvalue weighted by Gasteiger charge is -2.19. The van der Waals surface area contributed by atoms with E-state index in [1.54, 1.807) is 6.20 Å². The van der Waals surface area contributed by atoms with Gasteiger partial charge in [-0.3, -0.25) is 4.98 Å². The molecular weight excluding hydrogens is 388 g/mol. The van der Waals surface area contributed by atoms with E-state index in [0.717, 1.165) is 40.1 Å². The average Bonchev–Trinajstić information content (AvgIpc) is 3.34. The molecule has 1 N–H and O–H groups in total. The summed E-state index contributed by atoms with van der Waals surface area (Å²) in [5, 5.41) is 1.06. The maximum Gasteiger partial charge on any atom is 0.345 e. The van der Waals surface area contributed by atoms with Gasteiger partial charge in [-0.1, -0.05) is 13.8 Å². The Balaban J connectivity index is 1.49. The zero-order chi connectivity index (χ0) is 21.1. The number of pyridine rings is 1. The number of hydrogen-bond acceptors (Lipinski definition) is 4. The molecule has 2 aromatic heterocycles. The van der Waals surface area contributed by atoms with Crippen molar-refractivity contribution in [1.82, 2.24) is 9.97 Å². The molecular formula is C23H27F2N3O2. The van der Waals surface area contributed by atoms with Crippen LogP contribution in [0.4, 0.5) is 14.5 Å². The van der Waals surface area contributed by atoms with Crippen LogP contribution in [0.2, 0.25) is 0 Å². The molecule has 1 atom stereocenters. The zero-order valence-corrected chi connectivity index (χ0v) is 17.3. The fourth-order valence-corrected chi connectivity index (χ4v) is 3.73. The van der Waals surface area contributed by atoms with E-state index in [2.05, 4.69) is 39.5 Å². The van der Waals surface area contributed by atoms with Gasteiger partial charge >= 0.3 is 6.61 Å². The number of hydrogen-bond donors (Lipinski definition) is 1. The quantitative estimate of drug-likeness (QED) is 0.530. The number of aromatic amines is 1. The lowest BCUT2D eigenvalue weighted by atomic mass is 10.1. The molecule has 1 aliphatic rings. The third-order valence-electron chi connectivity index (χ3n) is 5.38. The molecule has 3 aromatic rings. The molecule has 160 valence electrons. The number of halogens is 2. The van der Waals surface area contributed by atoms with E-state index in [4.69, 9.17) is 4.74 Å². The Hall–Kier alpha value is -2.67. The second-order valence-electron chi connectivity index (χ2n) is 8.12. The Morgan fingerprint density at radius 2 is 2.07 bits per heavy atom. The van der Waals surface area contributed by atoms with Crippen LogP contribution in [0.15, 0.2) is 42.6 Å². The Kier molecular flexibility index (Phi) is 6.18. The van der Waals surface area contributed by atoms with Crippen molar-refractivity contribution < 1.29 is 18.3 Å². The molecule has 1 aliphatic heterocycles. The third-order valence-corrected chi connectivity index (χ3v) is 5.38. The SMILES string of the molecule is CC(C)CCOc1ccc2[nH]c(-c3cc(N4CCC(OC(F)F)C4)ccn3)cc2c1. The first-order valence-electron chi connectivity index (χ1n) is 10.4. The molecule has 1 aromatic carbocycles. The highest BCUT2D eigenvalue weighted by Crippen LogP contribution is 2.29. The van der Waals surface area contributed by atoms with E-state index in [-0.39, 0.29) is 0 Å². The van der Waals surface area contributed by atoms with Gasteiger partial charge in [0.05, 0.1) is 24.1 Å². The van der Waals surface area contributed by atoms with Gasteiger partial charge in [0.2, 0.25) is 0 Å². The summed E-state index contributed by atoms with van der Waals surface area (Å²) in [5.74, 6) is 1.47. The number of fused-ring (bicyclic) bond motifs is 1. The van der Waals surface area contributed by atoms with Crippen molar-refractivity contribution in [2.24, 2.45) is 5.92 Å². The van der Waals surface area contributed by atoms with E-state index in [1.165, 1.54) is 0 Å². The smallest absolute Gasteiger partial charge is 0.345 e. The molecule has 30 heavy (non-hydrogen) atoms. The average molecular weight is 415 g/mol. The van der Waals surface area contributed by atoms with E-state index in [9.17, 15) is 8.78 Å². The van der Waals surface area contributed by atoms with E-state index >= 15 is 0 Å². The lowest BCUT2D eigenvalue weighted by molar-refractivity contribution is -0.156. The van der Waals surface area contributed by atoms with Crippen LogP contribution in [0, 0.1) is 5.92 Å². The predicted octanol–water partition coefficient (Wildman–Crippen LogP) is 5.47. The van der Waals surface area contributed by atoms with Crippen LogP contribution in [0.5, 0.6) is 5.75 Å². The normalized spacial score (nSPS) is 16.9. The highest BCUT2D eigenvalue weighted by atomic mass is 19.3. The monoisotopic (exact) mass is 415 g/mol. The number of aromatic nitrogens is 2. The Bertz CT molecular complexity index is 989. The van der Waals surface area contributed by atoms with Crippen molar-refractivity contribution in [3.05, 3.63) is 42.6 Å². The fraction of sp³-hybridized carbons (Fsp3) is 0.435. The number of nitrogens with one attached hydrogen (secondary N) is 1. The zero-order valence-electron chi connectivity index (χ0n) is 17.3. The summed E-state index contributed by atoms with van der Waals surface area (Å²) < 4.78 is 35.5. The van der Waals surface area contributed by atoms with Gasteiger partial charge < -0.3 is 19.4 Å². The summed E-state index contributed by atoms with van der Waals surface area (Å²) in [6.45, 7) is 3.48. The summed E-state index contributed by atoms with van der Waals surface area (Å²) in [4.78, 5) is 9.96. The van der Waals surface area contributed by atoms with E-state index < -0.39 is 12.7 Å². The first-order valence-corrected chi connectivity index (χ1v) is 10.4. The number of benzene rings is 1. The molecule has 0 radical (unpaired) electrons. The van der Waals surface area contributed by atoms with Gasteiger partial charge in [0.1, 0.15) is 5.75 Å². The molecule has 0 aliphatic carbocycles. The van der Waals surface area contributed by atoms with E-state index in [0.29, 0.717) is 32.0 Å². The van der Waals surface area contributed by atoms with Crippen LogP contribution in [0.3, 0.4) is 0 Å². The van der Waals surface area contributed by atoms with Gasteiger partial charge in [-0.05, 0) is 55.2 Å².